The first-order valence-electron chi connectivity index (χ1n) is 38.9. The molecule has 6 atom stereocenters. The van der Waals surface area contributed by atoms with Gasteiger partial charge in [0.1, 0.15) is 11.5 Å². The molecule has 0 radical (unpaired) electrons. The van der Waals surface area contributed by atoms with Crippen LogP contribution in [-0.4, -0.2) is 195 Å². The van der Waals surface area contributed by atoms with Gasteiger partial charge in [-0.25, -0.2) is 43.1 Å². The number of anilines is 5. The lowest BCUT2D eigenvalue weighted by Gasteiger charge is -2.36. The first-order valence-corrected chi connectivity index (χ1v) is 39.7. The Morgan fingerprint density at radius 2 is 0.880 bits per heavy atom. The highest BCUT2D eigenvalue weighted by atomic mass is 79.9. The number of fused-ring (bicyclic) bond motifs is 9. The second-order valence-corrected chi connectivity index (χ2v) is 33.8. The monoisotopic (exact) mass is 1680 g/mol. The number of rotatable bonds is 19. The van der Waals surface area contributed by atoms with E-state index in [1.807, 2.05) is 57.6 Å². The van der Waals surface area contributed by atoms with Gasteiger partial charge in [-0.3, -0.25) is 14.0 Å². The number of hydrogen-bond donors (Lipinski definition) is 7. The number of hydrogen-bond acceptors (Lipinski definition) is 26. The minimum Gasteiger partial charge on any atom is -0.497 e. The SMILES string of the molecule is COc1cc2nc(N)n3nc(C4CC(C)CN(c5cn(CC(C)(C)O)nc5C)C4)nc3c2cc1F.COc1cc2nc(N)n3nc(C4CC(C)CN(c5cn(CC(C)(C)O)nc5C)C4)nc3c2cc1F.COc1ccc(CNc2nc3cc(OC)c(F)cc3c3nc(C4CNCC(C)C4)nn23)c(OC)c1.Cc1nn(CC(C)(C)O)cc1Br. The smallest absolute Gasteiger partial charge is 0.226 e. The molecule has 117 heavy (non-hydrogen) atoms. The van der Waals surface area contributed by atoms with E-state index in [4.69, 9.17) is 60.2 Å². The maximum atomic E-state index is 14.6. The van der Waals surface area contributed by atoms with Crippen molar-refractivity contribution < 1.29 is 52.2 Å². The van der Waals surface area contributed by atoms with Crippen molar-refractivity contribution >= 4 is 94.8 Å². The van der Waals surface area contributed by atoms with Crippen molar-refractivity contribution in [1.82, 2.24) is 93.4 Å². The first kappa shape index (κ1) is 84.0. The van der Waals surface area contributed by atoms with E-state index in [9.17, 15) is 28.5 Å². The van der Waals surface area contributed by atoms with Gasteiger partial charge in [0.25, 0.3) is 0 Å². The molecule has 16 rings (SSSR count). The highest BCUT2D eigenvalue weighted by Crippen LogP contribution is 2.39. The molecule has 9 N–H and O–H groups in total. The summed E-state index contributed by atoms with van der Waals surface area (Å²) in [5.74, 6) is 4.76. The molecule has 0 bridgehead atoms. The van der Waals surface area contributed by atoms with Crippen LogP contribution in [0.3, 0.4) is 0 Å². The number of nitrogen functional groups attached to an aromatic ring is 2. The van der Waals surface area contributed by atoms with Crippen LogP contribution in [0.15, 0.2) is 77.7 Å². The number of methoxy groups -OCH3 is 5. The summed E-state index contributed by atoms with van der Waals surface area (Å²) in [6.45, 7) is 29.9. The number of aliphatic hydroxyl groups is 3. The summed E-state index contributed by atoms with van der Waals surface area (Å²) in [5.41, 5.74) is 18.8. The van der Waals surface area contributed by atoms with E-state index in [1.165, 1.54) is 60.7 Å². The predicted octanol–water partition coefficient (Wildman–Crippen LogP) is 11.3. The number of piperidine rings is 3. The number of nitrogens with zero attached hydrogens (tertiary/aromatic N) is 20. The van der Waals surface area contributed by atoms with Crippen LogP contribution in [0.5, 0.6) is 28.7 Å². The number of halogens is 4. The first-order chi connectivity index (χ1) is 55.4. The largest absolute Gasteiger partial charge is 0.497 e. The Labute approximate surface area is 683 Å². The van der Waals surface area contributed by atoms with E-state index in [0.717, 1.165) is 89.8 Å². The highest BCUT2D eigenvalue weighted by molar-refractivity contribution is 9.10. The van der Waals surface area contributed by atoms with Crippen molar-refractivity contribution in [1.29, 1.82) is 0 Å². The summed E-state index contributed by atoms with van der Waals surface area (Å²) in [7, 11) is 7.49. The van der Waals surface area contributed by atoms with Gasteiger partial charge in [0, 0.05) is 122 Å². The van der Waals surface area contributed by atoms with E-state index in [-0.39, 0.29) is 46.9 Å². The van der Waals surface area contributed by atoms with Crippen LogP contribution in [0, 0.1) is 56.0 Å². The van der Waals surface area contributed by atoms with Crippen molar-refractivity contribution in [3.05, 3.63) is 135 Å². The Bertz CT molecular complexity index is 5530. The second-order valence-electron chi connectivity index (χ2n) is 32.9. The molecule has 3 saturated heterocycles. The van der Waals surface area contributed by atoms with Crippen molar-refractivity contribution in [3.8, 4) is 28.7 Å². The molecule has 32 nitrogen and oxygen atoms in total. The third-order valence-electron chi connectivity index (χ3n) is 20.7. The zero-order chi connectivity index (χ0) is 84.0. The lowest BCUT2D eigenvalue weighted by Crippen LogP contribution is -2.39. The van der Waals surface area contributed by atoms with Gasteiger partial charge in [0.15, 0.2) is 69.1 Å². The minimum atomic E-state index is -0.853. The fourth-order valence-electron chi connectivity index (χ4n) is 15.6. The lowest BCUT2D eigenvalue weighted by atomic mass is 9.89. The van der Waals surface area contributed by atoms with Gasteiger partial charge in [0.05, 0.1) is 121 Å². The van der Waals surface area contributed by atoms with E-state index < -0.39 is 34.3 Å². The van der Waals surface area contributed by atoms with Gasteiger partial charge in [-0.05, 0) is 152 Å². The summed E-state index contributed by atoms with van der Waals surface area (Å²) in [6, 6.07) is 14.4. The fraction of sp³-hybridized carbons (Fsp3) is 0.481. The molecule has 0 saturated carbocycles. The van der Waals surface area contributed by atoms with Gasteiger partial charge < -0.3 is 70.9 Å². The molecule has 3 aliphatic rings. The van der Waals surface area contributed by atoms with Crippen molar-refractivity contribution in [2.45, 2.75) is 163 Å². The Morgan fingerprint density at radius 1 is 0.479 bits per heavy atom. The molecule has 3 aliphatic heterocycles. The summed E-state index contributed by atoms with van der Waals surface area (Å²) in [6.07, 6.45) is 8.67. The fourth-order valence-corrected chi connectivity index (χ4v) is 15.9. The maximum Gasteiger partial charge on any atom is 0.226 e. The van der Waals surface area contributed by atoms with Crippen LogP contribution in [-0.2, 0) is 26.2 Å². The van der Waals surface area contributed by atoms with E-state index in [2.05, 4.69) is 92.6 Å². The Balaban J connectivity index is 0.000000142. The molecule has 36 heteroatoms. The van der Waals surface area contributed by atoms with Gasteiger partial charge in [-0.1, -0.05) is 20.8 Å². The molecule has 4 aromatic carbocycles. The van der Waals surface area contributed by atoms with Crippen LogP contribution < -0.4 is 55.6 Å². The van der Waals surface area contributed by atoms with E-state index in [0.29, 0.717) is 136 Å². The highest BCUT2D eigenvalue weighted by Gasteiger charge is 2.35. The van der Waals surface area contributed by atoms with E-state index in [1.54, 1.807) is 80.4 Å². The average molecular weight is 1680 g/mol. The molecule has 0 spiro atoms. The van der Waals surface area contributed by atoms with Crippen LogP contribution in [0.4, 0.5) is 42.4 Å². The summed E-state index contributed by atoms with van der Waals surface area (Å²) < 4.78 is 80.7. The van der Waals surface area contributed by atoms with Crippen LogP contribution in [0.1, 0.15) is 139 Å². The van der Waals surface area contributed by atoms with Gasteiger partial charge in [0.2, 0.25) is 17.8 Å². The zero-order valence-electron chi connectivity index (χ0n) is 69.1. The number of aryl methyl sites for hydroxylation is 3. The third-order valence-corrected chi connectivity index (χ3v) is 21.5. The number of nitrogens with two attached hydrogens (primary N) is 2. The third kappa shape index (κ3) is 19.0. The van der Waals surface area contributed by atoms with Crippen molar-refractivity contribution in [2.75, 3.05) is 101 Å². The van der Waals surface area contributed by atoms with Crippen molar-refractivity contribution in [3.63, 3.8) is 0 Å². The molecule has 3 fully saturated rings. The van der Waals surface area contributed by atoms with Crippen LogP contribution >= 0.6 is 15.9 Å². The predicted molar refractivity (Wildman–Crippen MR) is 444 cm³/mol. The lowest BCUT2D eigenvalue weighted by molar-refractivity contribution is 0.0570. The normalized spacial score (nSPS) is 18.1. The quantitative estimate of drug-likeness (QED) is 0.0395. The standard InChI is InChI=1S/C25H29FN6O3.2C24H31FN8O2.C8H13BrN2O/c1-14-7-16(12-27-11-14)23-30-24-18-9-19(26)22(35-4)10-20(18)29-25(32(24)31-23)28-13-15-5-6-17(33-2)8-21(15)34-3;2*1-13-6-15(10-31(9-13)19-11-32(29-14(19)2)12-24(3,4)34)21-28-22-16-7-17(25)20(35-5)8-18(16)27-23(26)33(22)30-21;1-6-7(9)4-11(10-6)5-8(2,3)12/h5-6,8-10,14,16,27H,7,11-13H2,1-4H3,(H,28,29);2*7-8,11,13,15,34H,6,9-10,12H2,1-5H3,(H2,26,27);4,12H,5H2,1-3H3. The maximum absolute atomic E-state index is 14.6. The molecule has 9 aromatic heterocycles. The van der Waals surface area contributed by atoms with E-state index >= 15 is 0 Å². The van der Waals surface area contributed by atoms with Crippen LogP contribution in [0.2, 0.25) is 0 Å². The minimum absolute atomic E-state index is 0.0493. The molecule has 12 heterocycles. The Kier molecular flexibility index (Phi) is 24.4. The molecule has 624 valence electrons. The number of ether oxygens (including phenoxy) is 5. The average Bonchev–Trinajstić information content (AvgIpc) is 1.63. The molecular weight excluding hydrogens is 1570 g/mol. The summed E-state index contributed by atoms with van der Waals surface area (Å²) in [5, 5.41) is 65.9. The Morgan fingerprint density at radius 3 is 1.29 bits per heavy atom. The van der Waals surface area contributed by atoms with Crippen LogP contribution in [0.25, 0.3) is 49.7 Å². The van der Waals surface area contributed by atoms with Gasteiger partial charge >= 0.3 is 0 Å². The van der Waals surface area contributed by atoms with Gasteiger partial charge in [-0.15, -0.1) is 15.3 Å². The number of aromatic nitrogens is 18. The summed E-state index contributed by atoms with van der Waals surface area (Å²) in [4.78, 5) is 32.6. The molecule has 6 unspecified atom stereocenters. The van der Waals surface area contributed by atoms with Crippen molar-refractivity contribution in [2.24, 2.45) is 17.8 Å². The molecule has 0 amide bonds. The molecule has 0 aliphatic carbocycles. The van der Waals surface area contributed by atoms with Gasteiger partial charge in [-0.2, -0.15) is 28.8 Å². The molecule has 13 aromatic rings. The number of benzene rings is 4. The Hall–Kier alpha value is -11.0. The zero-order valence-corrected chi connectivity index (χ0v) is 70.7. The topological polar surface area (TPSA) is 372 Å². The molecular formula is C81H104BrF3N24O8. The second kappa shape index (κ2) is 33.9. The summed E-state index contributed by atoms with van der Waals surface area (Å²) >= 11 is 3.36. The number of nitrogens with one attached hydrogen (secondary N) is 2.